The lowest BCUT2D eigenvalue weighted by atomic mass is 10.3. The lowest BCUT2D eigenvalue weighted by Crippen LogP contribution is -2.00. The van der Waals surface area contributed by atoms with Gasteiger partial charge in [-0.2, -0.15) is 0 Å². The smallest absolute Gasteiger partial charge is 0.199 e. The van der Waals surface area contributed by atoms with E-state index < -0.39 is 0 Å². The first kappa shape index (κ1) is 7.91. The van der Waals surface area contributed by atoms with E-state index in [1.165, 1.54) is 0 Å². The molecular formula is C8H9NO2S. The molecule has 0 atom stereocenters. The van der Waals surface area contributed by atoms with Gasteiger partial charge in [0.05, 0.1) is 18.9 Å². The number of nitrogens with one attached hydrogen (secondary N) is 1. The predicted octanol–water partition coefficient (Wildman–Crippen LogP) is 1.79. The van der Waals surface area contributed by atoms with E-state index >= 15 is 0 Å². The minimum absolute atomic E-state index is 0.257. The molecule has 12 heavy (non-hydrogen) atoms. The van der Waals surface area contributed by atoms with Gasteiger partial charge in [-0.05, 0) is 12.1 Å². The van der Waals surface area contributed by atoms with Gasteiger partial charge in [0, 0.05) is 0 Å². The Kier molecular flexibility index (Phi) is 2.21. The van der Waals surface area contributed by atoms with E-state index in [0.29, 0.717) is 17.9 Å². The SMILES string of the molecule is S=c1cccc(C2OCCO2)[nH]1. The molecule has 0 bridgehead atoms. The highest BCUT2D eigenvalue weighted by molar-refractivity contribution is 7.71. The second-order valence-corrected chi connectivity index (χ2v) is 2.98. The van der Waals surface area contributed by atoms with Crippen LogP contribution in [0.3, 0.4) is 0 Å². The van der Waals surface area contributed by atoms with Crippen molar-refractivity contribution < 1.29 is 9.47 Å². The molecule has 64 valence electrons. The van der Waals surface area contributed by atoms with E-state index in [2.05, 4.69) is 4.98 Å². The van der Waals surface area contributed by atoms with Crippen LogP contribution in [0.2, 0.25) is 0 Å². The molecule has 0 radical (unpaired) electrons. The summed E-state index contributed by atoms with van der Waals surface area (Å²) in [6, 6.07) is 5.62. The molecule has 1 aliphatic rings. The van der Waals surface area contributed by atoms with Gasteiger partial charge in [-0.3, -0.25) is 0 Å². The summed E-state index contributed by atoms with van der Waals surface area (Å²) < 4.78 is 11.3. The van der Waals surface area contributed by atoms with Gasteiger partial charge in [-0.25, -0.2) is 0 Å². The van der Waals surface area contributed by atoms with Gasteiger partial charge in [0.15, 0.2) is 6.29 Å². The van der Waals surface area contributed by atoms with Crippen molar-refractivity contribution in [2.45, 2.75) is 6.29 Å². The number of H-pyrrole nitrogens is 1. The first-order valence-corrected chi connectivity index (χ1v) is 4.19. The van der Waals surface area contributed by atoms with E-state index in [-0.39, 0.29) is 6.29 Å². The first-order valence-electron chi connectivity index (χ1n) is 3.79. The zero-order chi connectivity index (χ0) is 8.39. The number of pyridine rings is 1. The summed E-state index contributed by atoms with van der Waals surface area (Å²) in [5.74, 6) is 0. The van der Waals surface area contributed by atoms with Gasteiger partial charge < -0.3 is 14.5 Å². The van der Waals surface area contributed by atoms with Crippen LogP contribution >= 0.6 is 12.2 Å². The molecule has 1 saturated heterocycles. The number of hydrogen-bond donors (Lipinski definition) is 1. The molecule has 2 rings (SSSR count). The molecule has 0 unspecified atom stereocenters. The van der Waals surface area contributed by atoms with Gasteiger partial charge in [-0.1, -0.05) is 18.3 Å². The fraction of sp³-hybridized carbons (Fsp3) is 0.375. The summed E-state index contributed by atoms with van der Waals surface area (Å²) in [4.78, 5) is 3.01. The average Bonchev–Trinajstić information content (AvgIpc) is 2.56. The predicted molar refractivity (Wildman–Crippen MR) is 46.3 cm³/mol. The van der Waals surface area contributed by atoms with Crippen LogP contribution in [0.4, 0.5) is 0 Å². The molecule has 1 aromatic heterocycles. The zero-order valence-electron chi connectivity index (χ0n) is 6.45. The van der Waals surface area contributed by atoms with Crippen molar-refractivity contribution in [3.05, 3.63) is 28.5 Å². The Labute approximate surface area is 75.3 Å². The number of aromatic amines is 1. The lowest BCUT2D eigenvalue weighted by molar-refractivity contribution is -0.0473. The van der Waals surface area contributed by atoms with Crippen LogP contribution in [0.1, 0.15) is 12.0 Å². The van der Waals surface area contributed by atoms with Crippen molar-refractivity contribution in [3.8, 4) is 0 Å². The Morgan fingerprint density at radius 3 is 2.75 bits per heavy atom. The van der Waals surface area contributed by atoms with E-state index in [9.17, 15) is 0 Å². The normalized spacial score (nSPS) is 18.3. The quantitative estimate of drug-likeness (QED) is 0.674. The maximum Gasteiger partial charge on any atom is 0.199 e. The highest BCUT2D eigenvalue weighted by Crippen LogP contribution is 2.20. The zero-order valence-corrected chi connectivity index (χ0v) is 7.26. The summed E-state index contributed by atoms with van der Waals surface area (Å²) in [7, 11) is 0. The Bertz CT molecular complexity index is 317. The van der Waals surface area contributed by atoms with Crippen molar-refractivity contribution in [3.63, 3.8) is 0 Å². The molecular weight excluding hydrogens is 174 g/mol. The van der Waals surface area contributed by atoms with Gasteiger partial charge in [0.1, 0.15) is 4.64 Å². The van der Waals surface area contributed by atoms with Gasteiger partial charge in [-0.15, -0.1) is 0 Å². The van der Waals surface area contributed by atoms with Crippen molar-refractivity contribution in [1.82, 2.24) is 4.98 Å². The van der Waals surface area contributed by atoms with E-state index in [1.807, 2.05) is 18.2 Å². The Morgan fingerprint density at radius 2 is 2.08 bits per heavy atom. The number of hydrogen-bond acceptors (Lipinski definition) is 3. The molecule has 0 aliphatic carbocycles. The molecule has 0 saturated carbocycles. The number of ether oxygens (including phenoxy) is 2. The molecule has 2 heterocycles. The van der Waals surface area contributed by atoms with Crippen LogP contribution in [0, 0.1) is 4.64 Å². The van der Waals surface area contributed by atoms with Gasteiger partial charge in [0.25, 0.3) is 0 Å². The third kappa shape index (κ3) is 1.55. The molecule has 0 aromatic carbocycles. The Morgan fingerprint density at radius 1 is 1.33 bits per heavy atom. The molecule has 1 fully saturated rings. The minimum Gasteiger partial charge on any atom is -0.346 e. The average molecular weight is 183 g/mol. The monoisotopic (exact) mass is 183 g/mol. The van der Waals surface area contributed by atoms with E-state index in [4.69, 9.17) is 21.7 Å². The Hall–Kier alpha value is -0.710. The van der Waals surface area contributed by atoms with Crippen LogP contribution in [-0.4, -0.2) is 18.2 Å². The van der Waals surface area contributed by atoms with Crippen LogP contribution in [0.25, 0.3) is 0 Å². The van der Waals surface area contributed by atoms with Crippen molar-refractivity contribution in [2.24, 2.45) is 0 Å². The van der Waals surface area contributed by atoms with Crippen LogP contribution < -0.4 is 0 Å². The maximum atomic E-state index is 5.29. The fourth-order valence-electron chi connectivity index (χ4n) is 1.14. The molecule has 1 aromatic rings. The van der Waals surface area contributed by atoms with Crippen LogP contribution in [0.15, 0.2) is 18.2 Å². The second kappa shape index (κ2) is 3.35. The molecule has 1 N–H and O–H groups in total. The van der Waals surface area contributed by atoms with Crippen LogP contribution in [0.5, 0.6) is 0 Å². The van der Waals surface area contributed by atoms with Crippen LogP contribution in [-0.2, 0) is 9.47 Å². The van der Waals surface area contributed by atoms with E-state index in [1.54, 1.807) is 0 Å². The summed E-state index contributed by atoms with van der Waals surface area (Å²) in [6.45, 7) is 1.31. The minimum atomic E-state index is -0.257. The third-order valence-corrected chi connectivity index (χ3v) is 1.90. The highest BCUT2D eigenvalue weighted by Gasteiger charge is 2.17. The van der Waals surface area contributed by atoms with Crippen molar-refractivity contribution in [2.75, 3.05) is 13.2 Å². The molecule has 0 amide bonds. The summed E-state index contributed by atoms with van der Waals surface area (Å²) >= 11 is 4.97. The highest BCUT2D eigenvalue weighted by atomic mass is 32.1. The van der Waals surface area contributed by atoms with Gasteiger partial charge in [0.2, 0.25) is 0 Å². The second-order valence-electron chi connectivity index (χ2n) is 2.54. The number of rotatable bonds is 1. The Balaban J connectivity index is 2.27. The molecule has 1 aliphatic heterocycles. The molecule has 4 heteroatoms. The summed E-state index contributed by atoms with van der Waals surface area (Å²) in [6.07, 6.45) is -0.257. The van der Waals surface area contributed by atoms with Crippen molar-refractivity contribution >= 4 is 12.2 Å². The largest absolute Gasteiger partial charge is 0.346 e. The van der Waals surface area contributed by atoms with Gasteiger partial charge >= 0.3 is 0 Å². The maximum absolute atomic E-state index is 5.29. The molecule has 3 nitrogen and oxygen atoms in total. The standard InChI is InChI=1S/C8H9NO2S/c12-7-3-1-2-6(9-7)8-10-4-5-11-8/h1-3,8H,4-5H2,(H,9,12). The molecule has 0 spiro atoms. The first-order chi connectivity index (χ1) is 5.86. The van der Waals surface area contributed by atoms with E-state index in [0.717, 1.165) is 5.69 Å². The van der Waals surface area contributed by atoms with Crippen molar-refractivity contribution in [1.29, 1.82) is 0 Å². The third-order valence-electron chi connectivity index (χ3n) is 1.67. The summed E-state index contributed by atoms with van der Waals surface area (Å²) in [5.41, 5.74) is 0.889. The lowest BCUT2D eigenvalue weighted by Gasteiger charge is -2.07. The fourth-order valence-corrected chi connectivity index (χ4v) is 1.34. The topological polar surface area (TPSA) is 34.2 Å². The number of aromatic nitrogens is 1. The summed E-state index contributed by atoms with van der Waals surface area (Å²) in [5, 5.41) is 0.